The smallest absolute Gasteiger partial charge is 0.224 e. The summed E-state index contributed by atoms with van der Waals surface area (Å²) in [6, 6.07) is 7.63. The van der Waals surface area contributed by atoms with Gasteiger partial charge in [0.25, 0.3) is 0 Å². The Morgan fingerprint density at radius 1 is 1.35 bits per heavy atom. The van der Waals surface area contributed by atoms with Gasteiger partial charge in [-0.2, -0.15) is 0 Å². The minimum absolute atomic E-state index is 0.0719. The molecule has 0 bridgehead atoms. The van der Waals surface area contributed by atoms with Crippen LogP contribution in [0.1, 0.15) is 19.4 Å². The van der Waals surface area contributed by atoms with Crippen LogP contribution in [0.5, 0.6) is 0 Å². The van der Waals surface area contributed by atoms with Crippen molar-refractivity contribution in [2.45, 2.75) is 26.3 Å². The van der Waals surface area contributed by atoms with Crippen molar-refractivity contribution in [2.75, 3.05) is 4.43 Å². The standard InChI is InChI=1S/C13H17ClINO/c1-9(2)12(8-15)16-13(17)7-10-3-5-11(14)6-4-10/h3-6,9,12H,7-8H2,1-2H3,(H,16,17). The topological polar surface area (TPSA) is 29.1 Å². The summed E-state index contributed by atoms with van der Waals surface area (Å²) >= 11 is 8.10. The number of carbonyl (C=O) groups is 1. The molecule has 0 aromatic heterocycles. The van der Waals surface area contributed by atoms with E-state index in [0.29, 0.717) is 17.4 Å². The molecule has 0 heterocycles. The summed E-state index contributed by atoms with van der Waals surface area (Å²) in [4.78, 5) is 11.8. The Morgan fingerprint density at radius 3 is 2.41 bits per heavy atom. The van der Waals surface area contributed by atoms with Gasteiger partial charge in [-0.3, -0.25) is 4.79 Å². The number of hydrogen-bond donors (Lipinski definition) is 1. The van der Waals surface area contributed by atoms with Gasteiger partial charge in [0.15, 0.2) is 0 Å². The van der Waals surface area contributed by atoms with Crippen molar-refractivity contribution in [3.8, 4) is 0 Å². The molecule has 0 spiro atoms. The SMILES string of the molecule is CC(C)C(CI)NC(=O)Cc1ccc(Cl)cc1. The number of carbonyl (C=O) groups excluding carboxylic acids is 1. The Bertz CT molecular complexity index is 364. The van der Waals surface area contributed by atoms with Crippen LogP contribution in [-0.4, -0.2) is 16.4 Å². The highest BCUT2D eigenvalue weighted by atomic mass is 127. The van der Waals surface area contributed by atoms with E-state index in [1.54, 1.807) is 0 Å². The number of hydrogen-bond acceptors (Lipinski definition) is 1. The molecule has 1 aromatic rings. The summed E-state index contributed by atoms with van der Waals surface area (Å²) < 4.78 is 0.932. The summed E-state index contributed by atoms with van der Waals surface area (Å²) in [5, 5.41) is 3.75. The third-order valence-electron chi connectivity index (χ3n) is 2.60. The van der Waals surface area contributed by atoms with Gasteiger partial charge in [0, 0.05) is 15.5 Å². The molecule has 0 saturated carbocycles. The van der Waals surface area contributed by atoms with Crippen LogP contribution in [0.2, 0.25) is 5.02 Å². The minimum Gasteiger partial charge on any atom is -0.352 e. The van der Waals surface area contributed by atoms with E-state index in [-0.39, 0.29) is 11.9 Å². The summed E-state index contributed by atoms with van der Waals surface area (Å²) in [5.74, 6) is 0.531. The molecule has 1 atom stereocenters. The van der Waals surface area contributed by atoms with Gasteiger partial charge in [-0.25, -0.2) is 0 Å². The highest BCUT2D eigenvalue weighted by Crippen LogP contribution is 2.10. The summed E-state index contributed by atoms with van der Waals surface area (Å²) in [7, 11) is 0. The third-order valence-corrected chi connectivity index (χ3v) is 3.80. The van der Waals surface area contributed by atoms with Crippen molar-refractivity contribution in [3.05, 3.63) is 34.9 Å². The predicted octanol–water partition coefficient (Wildman–Crippen LogP) is 3.46. The highest BCUT2D eigenvalue weighted by Gasteiger charge is 2.14. The first-order valence-electron chi connectivity index (χ1n) is 5.62. The second kappa shape index (κ2) is 7.21. The summed E-state index contributed by atoms with van der Waals surface area (Å²) in [6.45, 7) is 4.23. The van der Waals surface area contributed by atoms with Crippen molar-refractivity contribution >= 4 is 40.1 Å². The molecule has 4 heteroatoms. The Kier molecular flexibility index (Phi) is 6.27. The molecule has 0 aliphatic carbocycles. The average molecular weight is 366 g/mol. The summed E-state index contributed by atoms with van der Waals surface area (Å²) in [6.07, 6.45) is 0.414. The monoisotopic (exact) mass is 365 g/mol. The van der Waals surface area contributed by atoms with E-state index in [0.717, 1.165) is 9.99 Å². The first-order chi connectivity index (χ1) is 8.02. The van der Waals surface area contributed by atoms with E-state index in [9.17, 15) is 4.79 Å². The first-order valence-corrected chi connectivity index (χ1v) is 7.53. The zero-order valence-electron chi connectivity index (χ0n) is 10.0. The number of rotatable bonds is 5. The maximum atomic E-state index is 11.8. The zero-order valence-corrected chi connectivity index (χ0v) is 13.0. The van der Waals surface area contributed by atoms with Gasteiger partial charge in [-0.15, -0.1) is 0 Å². The fourth-order valence-electron chi connectivity index (χ4n) is 1.43. The predicted molar refractivity (Wildman–Crippen MR) is 80.8 cm³/mol. The molecule has 0 radical (unpaired) electrons. The molecule has 0 saturated heterocycles. The maximum absolute atomic E-state index is 11.8. The molecule has 0 aliphatic heterocycles. The molecule has 0 fully saturated rings. The Balaban J connectivity index is 2.52. The molecular weight excluding hydrogens is 349 g/mol. The lowest BCUT2D eigenvalue weighted by Crippen LogP contribution is -2.40. The Labute approximate surface area is 121 Å². The summed E-state index contributed by atoms with van der Waals surface area (Å²) in [5.41, 5.74) is 0.989. The molecule has 17 heavy (non-hydrogen) atoms. The first kappa shape index (κ1) is 14.8. The number of benzene rings is 1. The second-order valence-corrected chi connectivity index (χ2v) is 5.69. The lowest BCUT2D eigenvalue weighted by Gasteiger charge is -2.19. The number of halogens is 2. The molecule has 1 N–H and O–H groups in total. The van der Waals surface area contributed by atoms with Crippen LogP contribution >= 0.6 is 34.2 Å². The van der Waals surface area contributed by atoms with Crippen molar-refractivity contribution in [1.29, 1.82) is 0 Å². The van der Waals surface area contributed by atoms with E-state index in [4.69, 9.17) is 11.6 Å². The Morgan fingerprint density at radius 2 is 1.94 bits per heavy atom. The van der Waals surface area contributed by atoms with Gasteiger partial charge in [0.2, 0.25) is 5.91 Å². The lowest BCUT2D eigenvalue weighted by atomic mass is 10.1. The Hall–Kier alpha value is -0.290. The molecular formula is C13H17ClINO. The van der Waals surface area contributed by atoms with Gasteiger partial charge < -0.3 is 5.32 Å². The molecule has 0 aliphatic rings. The fraction of sp³-hybridized carbons (Fsp3) is 0.462. The van der Waals surface area contributed by atoms with Gasteiger partial charge in [-0.1, -0.05) is 60.2 Å². The van der Waals surface area contributed by atoms with Crippen LogP contribution in [0, 0.1) is 5.92 Å². The van der Waals surface area contributed by atoms with Crippen LogP contribution in [0.25, 0.3) is 0 Å². The van der Waals surface area contributed by atoms with Crippen LogP contribution in [0.3, 0.4) is 0 Å². The van der Waals surface area contributed by atoms with E-state index < -0.39 is 0 Å². The largest absolute Gasteiger partial charge is 0.352 e. The van der Waals surface area contributed by atoms with E-state index >= 15 is 0 Å². The van der Waals surface area contributed by atoms with Crippen molar-refractivity contribution in [3.63, 3.8) is 0 Å². The maximum Gasteiger partial charge on any atom is 0.224 e. The number of amides is 1. The van der Waals surface area contributed by atoms with Crippen LogP contribution in [0.4, 0.5) is 0 Å². The van der Waals surface area contributed by atoms with Gasteiger partial charge in [0.1, 0.15) is 0 Å². The van der Waals surface area contributed by atoms with E-state index in [1.165, 1.54) is 0 Å². The van der Waals surface area contributed by atoms with Gasteiger partial charge in [0.05, 0.1) is 6.42 Å². The van der Waals surface area contributed by atoms with Gasteiger partial charge in [-0.05, 0) is 23.6 Å². The number of nitrogens with one attached hydrogen (secondary N) is 1. The van der Waals surface area contributed by atoms with Crippen molar-refractivity contribution in [1.82, 2.24) is 5.32 Å². The van der Waals surface area contributed by atoms with Crippen LogP contribution < -0.4 is 5.32 Å². The molecule has 1 amide bonds. The fourth-order valence-corrected chi connectivity index (χ4v) is 2.79. The quantitative estimate of drug-likeness (QED) is 0.628. The van der Waals surface area contributed by atoms with Crippen LogP contribution in [-0.2, 0) is 11.2 Å². The zero-order chi connectivity index (χ0) is 12.8. The van der Waals surface area contributed by atoms with Crippen LogP contribution in [0.15, 0.2) is 24.3 Å². The molecule has 1 unspecified atom stereocenters. The lowest BCUT2D eigenvalue weighted by molar-refractivity contribution is -0.121. The molecule has 1 aromatic carbocycles. The van der Waals surface area contributed by atoms with Crippen molar-refractivity contribution in [2.24, 2.45) is 5.92 Å². The highest BCUT2D eigenvalue weighted by molar-refractivity contribution is 14.1. The molecule has 2 nitrogen and oxygen atoms in total. The third kappa shape index (κ3) is 5.25. The average Bonchev–Trinajstić information content (AvgIpc) is 2.28. The van der Waals surface area contributed by atoms with Gasteiger partial charge >= 0.3 is 0 Å². The molecule has 1 rings (SSSR count). The normalized spacial score (nSPS) is 12.5. The number of alkyl halides is 1. The van der Waals surface area contributed by atoms with Crippen molar-refractivity contribution < 1.29 is 4.79 Å². The van der Waals surface area contributed by atoms with E-state index in [1.807, 2.05) is 24.3 Å². The second-order valence-electron chi connectivity index (χ2n) is 4.38. The van der Waals surface area contributed by atoms with E-state index in [2.05, 4.69) is 41.8 Å². The molecule has 94 valence electrons. The minimum atomic E-state index is 0.0719.